The van der Waals surface area contributed by atoms with Crippen molar-refractivity contribution in [3.8, 4) is 0 Å². The molecule has 4 heteroatoms. The van der Waals surface area contributed by atoms with E-state index >= 15 is 0 Å². The third kappa shape index (κ3) is 3.96. The Bertz CT molecular complexity index is 380. The van der Waals surface area contributed by atoms with Crippen molar-refractivity contribution in [2.45, 2.75) is 26.9 Å². The number of hydrogen-bond acceptors (Lipinski definition) is 2. The van der Waals surface area contributed by atoms with E-state index in [1.165, 1.54) is 19.1 Å². The van der Waals surface area contributed by atoms with Crippen molar-refractivity contribution in [3.63, 3.8) is 0 Å². The Labute approximate surface area is 105 Å². The van der Waals surface area contributed by atoms with Crippen molar-refractivity contribution >= 4 is 11.8 Å². The zero-order valence-corrected chi connectivity index (χ0v) is 11.2. The molecule has 96 valence electrons. The second-order valence-corrected chi connectivity index (χ2v) is 5.62. The molecule has 0 saturated carbocycles. The summed E-state index contributed by atoms with van der Waals surface area (Å²) in [6, 6.07) is 2.94. The Kier molecular flexibility index (Phi) is 5.40. The van der Waals surface area contributed by atoms with E-state index < -0.39 is 17.7 Å². The molecule has 0 aliphatic rings. The predicted octanol–water partition coefficient (Wildman–Crippen LogP) is 3.70. The Balaban J connectivity index is 2.69. The van der Waals surface area contributed by atoms with Gasteiger partial charge >= 0.3 is 0 Å². The lowest BCUT2D eigenvalue weighted by Gasteiger charge is -2.13. The summed E-state index contributed by atoms with van der Waals surface area (Å²) >= 11 is 1.54. The molecule has 0 saturated heterocycles. The van der Waals surface area contributed by atoms with E-state index in [9.17, 15) is 13.9 Å². The monoisotopic (exact) mass is 260 g/mol. The van der Waals surface area contributed by atoms with E-state index in [-0.39, 0.29) is 11.1 Å². The van der Waals surface area contributed by atoms with E-state index in [2.05, 4.69) is 13.8 Å². The topological polar surface area (TPSA) is 20.2 Å². The Morgan fingerprint density at radius 1 is 1.18 bits per heavy atom. The number of aryl methyl sites for hydroxylation is 1. The predicted molar refractivity (Wildman–Crippen MR) is 68.2 cm³/mol. The molecule has 1 atom stereocenters. The summed E-state index contributed by atoms with van der Waals surface area (Å²) in [7, 11) is 0. The number of benzene rings is 1. The fourth-order valence-corrected chi connectivity index (χ4v) is 2.43. The minimum absolute atomic E-state index is 0.0457. The zero-order valence-electron chi connectivity index (χ0n) is 10.3. The first-order chi connectivity index (χ1) is 7.93. The van der Waals surface area contributed by atoms with Gasteiger partial charge in [0.15, 0.2) is 11.6 Å². The molecule has 0 spiro atoms. The van der Waals surface area contributed by atoms with Crippen molar-refractivity contribution in [1.29, 1.82) is 0 Å². The Hall–Kier alpha value is -0.610. The summed E-state index contributed by atoms with van der Waals surface area (Å²) in [5.74, 6) is 0.00908. The average molecular weight is 260 g/mol. The van der Waals surface area contributed by atoms with Crippen LogP contribution in [-0.4, -0.2) is 16.6 Å². The van der Waals surface area contributed by atoms with Gasteiger partial charge < -0.3 is 5.11 Å². The molecular weight excluding hydrogens is 242 g/mol. The molecular formula is C13H18F2OS. The third-order valence-corrected chi connectivity index (χ3v) is 3.84. The average Bonchev–Trinajstić information content (AvgIpc) is 2.25. The van der Waals surface area contributed by atoms with Crippen LogP contribution in [0.5, 0.6) is 0 Å². The van der Waals surface area contributed by atoms with Gasteiger partial charge in [0, 0.05) is 11.3 Å². The summed E-state index contributed by atoms with van der Waals surface area (Å²) in [6.45, 7) is 5.65. The lowest BCUT2D eigenvalue weighted by Crippen LogP contribution is -2.07. The van der Waals surface area contributed by atoms with Crippen LogP contribution >= 0.6 is 11.8 Å². The maximum absolute atomic E-state index is 13.6. The molecule has 1 rings (SSSR count). The molecule has 0 heterocycles. The number of hydrogen-bond donors (Lipinski definition) is 1. The highest BCUT2D eigenvalue weighted by molar-refractivity contribution is 7.99. The van der Waals surface area contributed by atoms with Crippen molar-refractivity contribution in [1.82, 2.24) is 0 Å². The molecule has 0 radical (unpaired) electrons. The summed E-state index contributed by atoms with van der Waals surface area (Å²) in [5, 5.41) is 9.80. The van der Waals surface area contributed by atoms with Crippen molar-refractivity contribution in [2.75, 3.05) is 11.5 Å². The fraction of sp³-hybridized carbons (Fsp3) is 0.538. The van der Waals surface area contributed by atoms with Gasteiger partial charge in [-0.05, 0) is 24.2 Å². The zero-order chi connectivity index (χ0) is 13.0. The van der Waals surface area contributed by atoms with Gasteiger partial charge in [0.05, 0.1) is 6.10 Å². The first-order valence-corrected chi connectivity index (χ1v) is 6.79. The van der Waals surface area contributed by atoms with Gasteiger partial charge in [0.2, 0.25) is 0 Å². The molecule has 1 aromatic carbocycles. The van der Waals surface area contributed by atoms with Crippen LogP contribution in [0.3, 0.4) is 0 Å². The number of aliphatic hydroxyl groups is 1. The molecule has 0 aliphatic heterocycles. The molecule has 0 aliphatic carbocycles. The van der Waals surface area contributed by atoms with E-state index in [1.54, 1.807) is 11.8 Å². The van der Waals surface area contributed by atoms with Gasteiger partial charge in [-0.25, -0.2) is 8.78 Å². The molecule has 1 N–H and O–H groups in total. The van der Waals surface area contributed by atoms with Crippen LogP contribution in [0, 0.1) is 24.5 Å². The van der Waals surface area contributed by atoms with Crippen molar-refractivity contribution in [3.05, 3.63) is 34.9 Å². The minimum atomic E-state index is -0.950. The molecule has 1 unspecified atom stereocenters. The standard InChI is InChI=1S/C13H18F2OS/c1-8(2)6-17-7-11(16)10-5-4-9(3)12(14)13(10)15/h4-5,8,11,16H,6-7H2,1-3H3. The van der Waals surface area contributed by atoms with Gasteiger partial charge in [-0.3, -0.25) is 0 Å². The second-order valence-electron chi connectivity index (χ2n) is 4.55. The van der Waals surface area contributed by atoms with Gasteiger partial charge in [0.25, 0.3) is 0 Å². The minimum Gasteiger partial charge on any atom is -0.387 e. The molecule has 0 fully saturated rings. The molecule has 0 amide bonds. The summed E-state index contributed by atoms with van der Waals surface area (Å²) in [6.07, 6.45) is -0.950. The maximum atomic E-state index is 13.6. The van der Waals surface area contributed by atoms with Gasteiger partial charge in [-0.15, -0.1) is 0 Å². The maximum Gasteiger partial charge on any atom is 0.164 e. The first kappa shape index (κ1) is 14.5. The quantitative estimate of drug-likeness (QED) is 0.871. The second kappa shape index (κ2) is 6.36. The fourth-order valence-electron chi connectivity index (χ4n) is 1.42. The smallest absolute Gasteiger partial charge is 0.164 e. The van der Waals surface area contributed by atoms with Crippen LogP contribution in [0.2, 0.25) is 0 Å². The molecule has 0 aromatic heterocycles. The van der Waals surface area contributed by atoms with Crippen molar-refractivity contribution < 1.29 is 13.9 Å². The molecule has 17 heavy (non-hydrogen) atoms. The van der Waals surface area contributed by atoms with Crippen LogP contribution in [0.25, 0.3) is 0 Å². The number of thioether (sulfide) groups is 1. The van der Waals surface area contributed by atoms with Gasteiger partial charge in [0.1, 0.15) is 0 Å². The lowest BCUT2D eigenvalue weighted by molar-refractivity contribution is 0.197. The highest BCUT2D eigenvalue weighted by Crippen LogP contribution is 2.25. The highest BCUT2D eigenvalue weighted by atomic mass is 32.2. The van der Waals surface area contributed by atoms with Gasteiger partial charge in [-0.1, -0.05) is 26.0 Å². The summed E-state index contributed by atoms with van der Waals surface area (Å²) < 4.78 is 26.9. The van der Waals surface area contributed by atoms with Crippen molar-refractivity contribution in [2.24, 2.45) is 5.92 Å². The normalized spacial score (nSPS) is 13.1. The summed E-state index contributed by atoms with van der Waals surface area (Å²) in [4.78, 5) is 0. The van der Waals surface area contributed by atoms with Crippen LogP contribution in [-0.2, 0) is 0 Å². The van der Waals surface area contributed by atoms with E-state index in [4.69, 9.17) is 0 Å². The third-order valence-electron chi connectivity index (χ3n) is 2.39. The Morgan fingerprint density at radius 3 is 2.41 bits per heavy atom. The van der Waals surface area contributed by atoms with E-state index in [0.717, 1.165) is 5.75 Å². The number of rotatable bonds is 5. The molecule has 1 nitrogen and oxygen atoms in total. The first-order valence-electron chi connectivity index (χ1n) is 5.63. The highest BCUT2D eigenvalue weighted by Gasteiger charge is 2.17. The molecule has 1 aromatic rings. The molecule has 0 bridgehead atoms. The van der Waals surface area contributed by atoms with Crippen LogP contribution in [0.1, 0.15) is 31.1 Å². The lowest BCUT2D eigenvalue weighted by atomic mass is 10.1. The van der Waals surface area contributed by atoms with E-state index in [1.807, 2.05) is 0 Å². The van der Waals surface area contributed by atoms with E-state index in [0.29, 0.717) is 11.7 Å². The summed E-state index contributed by atoms with van der Waals surface area (Å²) in [5.41, 5.74) is 0.303. The van der Waals surface area contributed by atoms with Crippen LogP contribution in [0.4, 0.5) is 8.78 Å². The number of aliphatic hydroxyl groups excluding tert-OH is 1. The Morgan fingerprint density at radius 2 is 1.82 bits per heavy atom. The van der Waals surface area contributed by atoms with Crippen LogP contribution < -0.4 is 0 Å². The van der Waals surface area contributed by atoms with Gasteiger partial charge in [-0.2, -0.15) is 11.8 Å². The SMILES string of the molecule is Cc1ccc(C(O)CSCC(C)C)c(F)c1F. The number of halogens is 2. The largest absolute Gasteiger partial charge is 0.387 e. The van der Waals surface area contributed by atoms with Crippen LogP contribution in [0.15, 0.2) is 12.1 Å².